The second-order valence-electron chi connectivity index (χ2n) is 6.21. The van der Waals surface area contributed by atoms with Crippen LogP contribution in [0.25, 0.3) is 0 Å². The molecular formula is C17H22F3NO3. The van der Waals surface area contributed by atoms with Gasteiger partial charge in [0.2, 0.25) is 5.91 Å². The fourth-order valence-electron chi connectivity index (χ4n) is 2.79. The van der Waals surface area contributed by atoms with Gasteiger partial charge < -0.3 is 14.7 Å². The zero-order chi connectivity index (χ0) is 17.7. The molecule has 1 aliphatic heterocycles. The van der Waals surface area contributed by atoms with Crippen molar-refractivity contribution in [2.45, 2.75) is 38.5 Å². The van der Waals surface area contributed by atoms with E-state index in [9.17, 15) is 23.1 Å². The van der Waals surface area contributed by atoms with Crippen LogP contribution in [0.2, 0.25) is 0 Å². The quantitative estimate of drug-likeness (QED) is 0.893. The number of aliphatic hydroxyl groups is 1. The number of carbonyl (C=O) groups excluding carboxylic acids is 1. The summed E-state index contributed by atoms with van der Waals surface area (Å²) in [4.78, 5) is 14.1. The van der Waals surface area contributed by atoms with Crippen LogP contribution in [-0.2, 0) is 11.2 Å². The molecule has 1 N–H and O–H groups in total. The molecule has 0 aromatic heterocycles. The van der Waals surface area contributed by atoms with E-state index >= 15 is 0 Å². The molecule has 0 radical (unpaired) electrons. The number of hydrogen-bond donors (Lipinski definition) is 1. The lowest BCUT2D eigenvalue weighted by molar-refractivity contribution is -0.153. The average molecular weight is 345 g/mol. The van der Waals surface area contributed by atoms with Crippen LogP contribution < -0.4 is 4.74 Å². The number of hydrogen-bond acceptors (Lipinski definition) is 3. The first-order valence-electron chi connectivity index (χ1n) is 7.99. The lowest BCUT2D eigenvalue weighted by Gasteiger charge is -2.34. The molecular weight excluding hydrogens is 323 g/mol. The van der Waals surface area contributed by atoms with Crippen LogP contribution in [0.3, 0.4) is 0 Å². The summed E-state index contributed by atoms with van der Waals surface area (Å²) < 4.78 is 40.9. The number of piperidine rings is 1. The van der Waals surface area contributed by atoms with Crippen LogP contribution in [0.4, 0.5) is 13.2 Å². The first kappa shape index (κ1) is 18.6. The van der Waals surface area contributed by atoms with Gasteiger partial charge in [-0.25, -0.2) is 0 Å². The van der Waals surface area contributed by atoms with E-state index in [0.717, 1.165) is 18.4 Å². The van der Waals surface area contributed by atoms with E-state index < -0.39 is 18.9 Å². The Hall–Kier alpha value is -1.76. The van der Waals surface area contributed by atoms with Crippen molar-refractivity contribution in [3.63, 3.8) is 0 Å². The van der Waals surface area contributed by atoms with E-state index in [0.29, 0.717) is 13.1 Å². The standard InChI is InChI=1S/C17H22F3NO3/c1-12(22)14-3-2-8-21(10-14)16(23)9-13-4-6-15(7-5-13)24-11-17(18,19)20/h4-7,12,14,22H,2-3,8-11H2,1H3/t12-,14-/m1/s1. The Labute approximate surface area is 139 Å². The van der Waals surface area contributed by atoms with Gasteiger partial charge >= 0.3 is 6.18 Å². The number of nitrogens with zero attached hydrogens (tertiary/aromatic N) is 1. The third-order valence-electron chi connectivity index (χ3n) is 4.17. The molecule has 7 heteroatoms. The van der Waals surface area contributed by atoms with Crippen LogP contribution in [0.1, 0.15) is 25.3 Å². The Morgan fingerprint density at radius 1 is 1.38 bits per heavy atom. The fourth-order valence-corrected chi connectivity index (χ4v) is 2.79. The molecule has 4 nitrogen and oxygen atoms in total. The third kappa shape index (κ3) is 5.70. The van der Waals surface area contributed by atoms with E-state index in [-0.39, 0.29) is 24.0 Å². The second kappa shape index (κ2) is 7.88. The Bertz CT molecular complexity index is 543. The number of carbonyl (C=O) groups is 1. The van der Waals surface area contributed by atoms with Gasteiger partial charge in [0.05, 0.1) is 12.5 Å². The van der Waals surface area contributed by atoms with Crippen molar-refractivity contribution < 1.29 is 27.8 Å². The highest BCUT2D eigenvalue weighted by molar-refractivity contribution is 5.78. The second-order valence-corrected chi connectivity index (χ2v) is 6.21. The summed E-state index contributed by atoms with van der Waals surface area (Å²) in [6.45, 7) is 1.62. The molecule has 0 spiro atoms. The maximum absolute atomic E-state index is 12.3. The van der Waals surface area contributed by atoms with E-state index in [1.54, 1.807) is 24.0 Å². The highest BCUT2D eigenvalue weighted by Crippen LogP contribution is 2.22. The molecule has 0 unspecified atom stereocenters. The first-order valence-corrected chi connectivity index (χ1v) is 7.99. The maximum Gasteiger partial charge on any atom is 0.422 e. The monoisotopic (exact) mass is 345 g/mol. The summed E-state index contributed by atoms with van der Waals surface area (Å²) >= 11 is 0. The Kier molecular flexibility index (Phi) is 6.10. The zero-order valence-electron chi connectivity index (χ0n) is 13.6. The summed E-state index contributed by atoms with van der Waals surface area (Å²) in [5, 5.41) is 9.67. The molecule has 1 aliphatic rings. The number of likely N-dealkylation sites (tertiary alicyclic amines) is 1. The normalized spacial score (nSPS) is 19.9. The Morgan fingerprint density at radius 2 is 2.04 bits per heavy atom. The van der Waals surface area contributed by atoms with Crippen molar-refractivity contribution in [3.8, 4) is 5.75 Å². The predicted octanol–water partition coefficient (Wildman–Crippen LogP) is 2.79. The van der Waals surface area contributed by atoms with Gasteiger partial charge in [0, 0.05) is 19.0 Å². The van der Waals surface area contributed by atoms with Gasteiger partial charge in [0.25, 0.3) is 0 Å². The van der Waals surface area contributed by atoms with E-state index in [2.05, 4.69) is 4.74 Å². The van der Waals surface area contributed by atoms with Gasteiger partial charge in [0.1, 0.15) is 5.75 Å². The van der Waals surface area contributed by atoms with Crippen LogP contribution >= 0.6 is 0 Å². The fraction of sp³-hybridized carbons (Fsp3) is 0.588. The number of aliphatic hydroxyl groups excluding tert-OH is 1. The predicted molar refractivity (Wildman–Crippen MR) is 82.7 cm³/mol. The highest BCUT2D eigenvalue weighted by Gasteiger charge is 2.28. The summed E-state index contributed by atoms with van der Waals surface area (Å²) in [6, 6.07) is 6.06. The maximum atomic E-state index is 12.3. The molecule has 2 rings (SSSR count). The van der Waals surface area contributed by atoms with Gasteiger partial charge in [-0.3, -0.25) is 4.79 Å². The van der Waals surface area contributed by atoms with Crippen molar-refractivity contribution in [1.29, 1.82) is 0 Å². The summed E-state index contributed by atoms with van der Waals surface area (Å²) in [5.74, 6) is 0.181. The van der Waals surface area contributed by atoms with Gasteiger partial charge in [-0.15, -0.1) is 0 Å². The minimum atomic E-state index is -4.37. The average Bonchev–Trinajstić information content (AvgIpc) is 2.53. The molecule has 1 aromatic carbocycles. The first-order chi connectivity index (χ1) is 11.2. The van der Waals surface area contributed by atoms with Crippen LogP contribution in [0, 0.1) is 5.92 Å². The molecule has 0 saturated carbocycles. The third-order valence-corrected chi connectivity index (χ3v) is 4.17. The topological polar surface area (TPSA) is 49.8 Å². The number of halogens is 3. The van der Waals surface area contributed by atoms with Gasteiger partial charge in [-0.1, -0.05) is 12.1 Å². The molecule has 1 saturated heterocycles. The van der Waals surface area contributed by atoms with Gasteiger partial charge in [-0.05, 0) is 37.5 Å². The number of alkyl halides is 3. The van der Waals surface area contributed by atoms with Crippen molar-refractivity contribution in [1.82, 2.24) is 4.90 Å². The van der Waals surface area contributed by atoms with Crippen molar-refractivity contribution >= 4 is 5.91 Å². The van der Waals surface area contributed by atoms with Crippen LogP contribution in [0.5, 0.6) is 5.75 Å². The molecule has 134 valence electrons. The Morgan fingerprint density at radius 3 is 2.62 bits per heavy atom. The smallest absolute Gasteiger partial charge is 0.422 e. The summed E-state index contributed by atoms with van der Waals surface area (Å²) in [5.41, 5.74) is 0.721. The summed E-state index contributed by atoms with van der Waals surface area (Å²) in [6.07, 6.45) is -2.85. The van der Waals surface area contributed by atoms with Gasteiger partial charge in [-0.2, -0.15) is 13.2 Å². The van der Waals surface area contributed by atoms with Crippen molar-refractivity contribution in [3.05, 3.63) is 29.8 Å². The molecule has 0 bridgehead atoms. The molecule has 24 heavy (non-hydrogen) atoms. The number of ether oxygens (including phenoxy) is 1. The number of rotatable bonds is 5. The lowest BCUT2D eigenvalue weighted by atomic mass is 9.93. The van der Waals surface area contributed by atoms with Crippen LogP contribution in [0.15, 0.2) is 24.3 Å². The molecule has 0 aliphatic carbocycles. The molecule has 1 heterocycles. The molecule has 1 amide bonds. The molecule has 2 atom stereocenters. The largest absolute Gasteiger partial charge is 0.484 e. The molecule has 1 fully saturated rings. The van der Waals surface area contributed by atoms with Crippen molar-refractivity contribution in [2.24, 2.45) is 5.92 Å². The van der Waals surface area contributed by atoms with E-state index in [1.165, 1.54) is 12.1 Å². The molecule has 1 aromatic rings. The van der Waals surface area contributed by atoms with Gasteiger partial charge in [0.15, 0.2) is 6.61 Å². The number of amides is 1. The zero-order valence-corrected chi connectivity index (χ0v) is 13.6. The number of benzene rings is 1. The van der Waals surface area contributed by atoms with E-state index in [4.69, 9.17) is 0 Å². The minimum absolute atomic E-state index is 0.0377. The minimum Gasteiger partial charge on any atom is -0.484 e. The van der Waals surface area contributed by atoms with Crippen molar-refractivity contribution in [2.75, 3.05) is 19.7 Å². The lowest BCUT2D eigenvalue weighted by Crippen LogP contribution is -2.43. The highest BCUT2D eigenvalue weighted by atomic mass is 19.4. The summed E-state index contributed by atoms with van der Waals surface area (Å²) in [7, 11) is 0. The van der Waals surface area contributed by atoms with Crippen LogP contribution in [-0.4, -0.2) is 47.9 Å². The SMILES string of the molecule is C[C@@H](O)[C@@H]1CCCN(C(=O)Cc2ccc(OCC(F)(F)F)cc2)C1. The van der Waals surface area contributed by atoms with E-state index in [1.807, 2.05) is 0 Å². The Balaban J connectivity index is 1.87.